The molecule has 2 heterocycles. The number of ketones is 1. The number of halogens is 2. The van der Waals surface area contributed by atoms with Gasteiger partial charge in [-0.2, -0.15) is 0 Å². The van der Waals surface area contributed by atoms with Crippen molar-refractivity contribution >= 4 is 27.3 Å². The van der Waals surface area contributed by atoms with Crippen LogP contribution in [0.1, 0.15) is 10.4 Å². The molecule has 0 aliphatic heterocycles. The summed E-state index contributed by atoms with van der Waals surface area (Å²) in [4.78, 5) is 28.8. The van der Waals surface area contributed by atoms with Crippen molar-refractivity contribution in [1.29, 1.82) is 0 Å². The van der Waals surface area contributed by atoms with Gasteiger partial charge in [0.15, 0.2) is 5.78 Å². The van der Waals surface area contributed by atoms with Gasteiger partial charge in [-0.15, -0.1) is 11.3 Å². The van der Waals surface area contributed by atoms with E-state index in [1.165, 1.54) is 17.7 Å². The van der Waals surface area contributed by atoms with Gasteiger partial charge in [-0.05, 0) is 29.6 Å². The first-order valence-electron chi connectivity index (χ1n) is 5.97. The topological polar surface area (TPSA) is 52.0 Å². The summed E-state index contributed by atoms with van der Waals surface area (Å²) in [5, 5.41) is 2.12. The molecule has 0 saturated heterocycles. The molecule has 3 aromatic rings. The molecular weight excluding hydrogens is 298 g/mol. The average molecular weight is 306 g/mol. The lowest BCUT2D eigenvalue weighted by atomic mass is 10.1. The molecule has 7 heteroatoms. The van der Waals surface area contributed by atoms with Gasteiger partial charge in [0.2, 0.25) is 0 Å². The molecule has 0 unspecified atom stereocenters. The van der Waals surface area contributed by atoms with E-state index in [0.717, 1.165) is 22.8 Å². The van der Waals surface area contributed by atoms with Crippen LogP contribution in [0.2, 0.25) is 0 Å². The van der Waals surface area contributed by atoms with Crippen LogP contribution in [-0.4, -0.2) is 15.3 Å². The fourth-order valence-corrected chi connectivity index (χ4v) is 2.68. The second-order valence-electron chi connectivity index (χ2n) is 4.36. The second kappa shape index (κ2) is 5.17. The highest BCUT2D eigenvalue weighted by atomic mass is 32.1. The summed E-state index contributed by atoms with van der Waals surface area (Å²) < 4.78 is 27.7. The maximum atomic E-state index is 13.5. The van der Waals surface area contributed by atoms with E-state index in [1.807, 2.05) is 0 Å². The van der Waals surface area contributed by atoms with Crippen molar-refractivity contribution in [2.75, 3.05) is 0 Å². The zero-order valence-corrected chi connectivity index (χ0v) is 11.4. The van der Waals surface area contributed by atoms with Crippen LogP contribution in [-0.2, 0) is 6.54 Å². The number of rotatable bonds is 3. The van der Waals surface area contributed by atoms with Gasteiger partial charge in [-0.1, -0.05) is 0 Å². The van der Waals surface area contributed by atoms with E-state index in [9.17, 15) is 18.4 Å². The Bertz CT molecular complexity index is 901. The van der Waals surface area contributed by atoms with Gasteiger partial charge in [-0.25, -0.2) is 13.8 Å². The summed E-state index contributed by atoms with van der Waals surface area (Å²) in [5.74, 6) is -2.22. The Kier molecular flexibility index (Phi) is 3.34. The Balaban J connectivity index is 1.98. The van der Waals surface area contributed by atoms with Gasteiger partial charge < -0.3 is 0 Å². The van der Waals surface area contributed by atoms with E-state index in [4.69, 9.17) is 0 Å². The third kappa shape index (κ3) is 2.47. The Morgan fingerprint density at radius 3 is 2.90 bits per heavy atom. The SMILES string of the molecule is O=C(Cn1cnc2sccc2c1=O)c1cc(F)ccc1F. The molecule has 106 valence electrons. The predicted octanol–water partition coefficient (Wildman–Crippen LogP) is 2.62. The van der Waals surface area contributed by atoms with E-state index in [-0.39, 0.29) is 11.1 Å². The van der Waals surface area contributed by atoms with Crippen LogP contribution < -0.4 is 5.56 Å². The smallest absolute Gasteiger partial charge is 0.262 e. The molecule has 4 nitrogen and oxygen atoms in total. The van der Waals surface area contributed by atoms with Crippen LogP contribution in [0.15, 0.2) is 40.8 Å². The number of Topliss-reactive ketones (excluding diaryl/α,β-unsaturated/α-hetero) is 1. The van der Waals surface area contributed by atoms with Crippen LogP contribution in [0.3, 0.4) is 0 Å². The first-order chi connectivity index (χ1) is 10.1. The molecule has 0 aliphatic rings. The van der Waals surface area contributed by atoms with E-state index in [1.54, 1.807) is 11.4 Å². The van der Waals surface area contributed by atoms with Crippen molar-refractivity contribution in [1.82, 2.24) is 9.55 Å². The monoisotopic (exact) mass is 306 g/mol. The molecule has 0 aliphatic carbocycles. The van der Waals surface area contributed by atoms with E-state index in [2.05, 4.69) is 4.98 Å². The average Bonchev–Trinajstić information content (AvgIpc) is 2.93. The first-order valence-corrected chi connectivity index (χ1v) is 6.85. The Morgan fingerprint density at radius 1 is 1.29 bits per heavy atom. The fraction of sp³-hybridized carbons (Fsp3) is 0.0714. The van der Waals surface area contributed by atoms with Crippen LogP contribution >= 0.6 is 11.3 Å². The van der Waals surface area contributed by atoms with Gasteiger partial charge in [-0.3, -0.25) is 14.2 Å². The molecule has 0 N–H and O–H groups in total. The molecule has 0 atom stereocenters. The number of carbonyl (C=O) groups is 1. The fourth-order valence-electron chi connectivity index (χ4n) is 1.96. The highest BCUT2D eigenvalue weighted by Crippen LogP contribution is 2.14. The number of aromatic nitrogens is 2. The second-order valence-corrected chi connectivity index (χ2v) is 5.26. The Morgan fingerprint density at radius 2 is 2.10 bits per heavy atom. The lowest BCUT2D eigenvalue weighted by molar-refractivity contribution is 0.0966. The number of carbonyl (C=O) groups excluding carboxylic acids is 1. The molecular formula is C14H8F2N2O2S. The van der Waals surface area contributed by atoms with Crippen molar-refractivity contribution in [3.8, 4) is 0 Å². The van der Waals surface area contributed by atoms with Crippen molar-refractivity contribution < 1.29 is 13.6 Å². The van der Waals surface area contributed by atoms with E-state index in [0.29, 0.717) is 10.2 Å². The normalized spacial score (nSPS) is 11.0. The van der Waals surface area contributed by atoms with Gasteiger partial charge in [0.25, 0.3) is 5.56 Å². The van der Waals surface area contributed by atoms with Crippen molar-refractivity contribution in [3.63, 3.8) is 0 Å². The number of hydrogen-bond acceptors (Lipinski definition) is 4. The third-order valence-electron chi connectivity index (χ3n) is 2.99. The zero-order valence-electron chi connectivity index (χ0n) is 10.5. The molecule has 21 heavy (non-hydrogen) atoms. The molecule has 2 aromatic heterocycles. The minimum Gasteiger partial charge on any atom is -0.292 e. The molecule has 0 saturated carbocycles. The number of thiophene rings is 1. The number of fused-ring (bicyclic) bond motifs is 1. The minimum atomic E-state index is -0.820. The molecule has 0 radical (unpaired) electrons. The summed E-state index contributed by atoms with van der Waals surface area (Å²) in [6, 6.07) is 4.24. The standard InChI is InChI=1S/C14H8F2N2O2S/c15-8-1-2-11(16)10(5-8)12(19)6-18-7-17-13-9(14(18)20)3-4-21-13/h1-5,7H,6H2. The highest BCUT2D eigenvalue weighted by molar-refractivity contribution is 7.16. The largest absolute Gasteiger partial charge is 0.292 e. The van der Waals surface area contributed by atoms with Crippen molar-refractivity contribution in [3.05, 3.63) is 63.5 Å². The summed E-state index contributed by atoms with van der Waals surface area (Å²) in [5.41, 5.74) is -0.765. The lowest BCUT2D eigenvalue weighted by Gasteiger charge is -2.05. The minimum absolute atomic E-state index is 0.382. The molecule has 3 rings (SSSR count). The van der Waals surface area contributed by atoms with Crippen molar-refractivity contribution in [2.24, 2.45) is 0 Å². The number of nitrogens with zero attached hydrogens (tertiary/aromatic N) is 2. The highest BCUT2D eigenvalue weighted by Gasteiger charge is 2.15. The number of benzene rings is 1. The van der Waals surface area contributed by atoms with Gasteiger partial charge in [0.1, 0.15) is 16.5 Å². The first kappa shape index (κ1) is 13.6. The quantitative estimate of drug-likeness (QED) is 0.699. The van der Waals surface area contributed by atoms with E-state index < -0.39 is 24.0 Å². The molecule has 0 bridgehead atoms. The van der Waals surface area contributed by atoms with Gasteiger partial charge in [0, 0.05) is 0 Å². The Labute approximate surface area is 121 Å². The van der Waals surface area contributed by atoms with Crippen LogP contribution in [0.25, 0.3) is 10.2 Å². The van der Waals surface area contributed by atoms with Crippen LogP contribution in [0, 0.1) is 11.6 Å². The molecule has 0 fully saturated rings. The summed E-state index contributed by atoms with van der Waals surface area (Å²) >= 11 is 1.31. The van der Waals surface area contributed by atoms with Gasteiger partial charge >= 0.3 is 0 Å². The maximum Gasteiger partial charge on any atom is 0.262 e. The van der Waals surface area contributed by atoms with Gasteiger partial charge in [0.05, 0.1) is 23.8 Å². The van der Waals surface area contributed by atoms with Crippen LogP contribution in [0.4, 0.5) is 8.78 Å². The Hall–Kier alpha value is -2.41. The lowest BCUT2D eigenvalue weighted by Crippen LogP contribution is -2.24. The zero-order chi connectivity index (χ0) is 15.0. The third-order valence-corrected chi connectivity index (χ3v) is 3.81. The van der Waals surface area contributed by atoms with Crippen molar-refractivity contribution in [2.45, 2.75) is 6.54 Å². The molecule has 0 spiro atoms. The predicted molar refractivity (Wildman–Crippen MR) is 74.6 cm³/mol. The maximum absolute atomic E-state index is 13.5. The summed E-state index contributed by atoms with van der Waals surface area (Å²) in [6.45, 7) is -0.391. The molecule has 1 aromatic carbocycles. The van der Waals surface area contributed by atoms with E-state index >= 15 is 0 Å². The molecule has 0 amide bonds. The summed E-state index contributed by atoms with van der Waals surface area (Å²) in [7, 11) is 0. The summed E-state index contributed by atoms with van der Waals surface area (Å²) in [6.07, 6.45) is 1.23. The number of hydrogen-bond donors (Lipinski definition) is 0. The van der Waals surface area contributed by atoms with Crippen LogP contribution in [0.5, 0.6) is 0 Å².